The lowest BCUT2D eigenvalue weighted by Crippen LogP contribution is -2.24. The number of hydrogen-bond acceptors (Lipinski definition) is 0. The summed E-state index contributed by atoms with van der Waals surface area (Å²) in [7, 11) is 1.99. The molecule has 0 atom stereocenters. The highest BCUT2D eigenvalue weighted by Crippen LogP contribution is 2.13. The van der Waals surface area contributed by atoms with Crippen LogP contribution in [0, 0.1) is 0 Å². The molecule has 3 heteroatoms. The van der Waals surface area contributed by atoms with Gasteiger partial charge in [0.1, 0.15) is 0 Å². The quantitative estimate of drug-likeness (QED) is 0.576. The summed E-state index contributed by atoms with van der Waals surface area (Å²) < 4.78 is 2.02. The Morgan fingerprint density at radius 2 is 2.27 bits per heavy atom. The molecule has 0 unspecified atom stereocenters. The number of rotatable bonds is 0. The van der Waals surface area contributed by atoms with Gasteiger partial charge in [-0.05, 0) is 12.1 Å². The van der Waals surface area contributed by atoms with Gasteiger partial charge in [0, 0.05) is 11.1 Å². The molecule has 0 aliphatic heterocycles. The molecule has 0 saturated carbocycles. The van der Waals surface area contributed by atoms with E-state index in [-0.39, 0.29) is 0 Å². The Morgan fingerprint density at radius 3 is 3.09 bits per heavy atom. The van der Waals surface area contributed by atoms with E-state index in [1.807, 2.05) is 36.1 Å². The van der Waals surface area contributed by atoms with E-state index in [1.165, 1.54) is 0 Å². The van der Waals surface area contributed by atoms with Gasteiger partial charge in [-0.25, -0.2) is 9.55 Å². The van der Waals surface area contributed by atoms with Gasteiger partial charge in [0.05, 0.1) is 7.05 Å². The number of nitrogens with one attached hydrogen (secondary N) is 1. The third-order valence-corrected chi connectivity index (χ3v) is 1.99. The number of fused-ring (bicyclic) bond motifs is 1. The number of aromatic nitrogens is 2. The molecule has 0 saturated heterocycles. The minimum Gasteiger partial charge on any atom is -0.243 e. The van der Waals surface area contributed by atoms with Crippen molar-refractivity contribution in [3.63, 3.8) is 0 Å². The summed E-state index contributed by atoms with van der Waals surface area (Å²) in [6.07, 6.45) is 1.90. The maximum atomic E-state index is 5.80. The van der Waals surface area contributed by atoms with E-state index in [2.05, 4.69) is 4.98 Å². The summed E-state index contributed by atoms with van der Waals surface area (Å²) in [6.45, 7) is 0. The van der Waals surface area contributed by atoms with Crippen LogP contribution in [0.1, 0.15) is 0 Å². The summed E-state index contributed by atoms with van der Waals surface area (Å²) in [5.74, 6) is 0. The van der Waals surface area contributed by atoms with E-state index in [4.69, 9.17) is 11.6 Å². The largest absolute Gasteiger partial charge is 0.243 e. The fourth-order valence-corrected chi connectivity index (χ4v) is 1.34. The summed E-state index contributed by atoms with van der Waals surface area (Å²) in [4.78, 5) is 3.11. The van der Waals surface area contributed by atoms with Crippen molar-refractivity contribution in [2.75, 3.05) is 0 Å². The summed E-state index contributed by atoms with van der Waals surface area (Å²) in [5.41, 5.74) is 2.23. The number of aryl methyl sites for hydroxylation is 1. The molecule has 1 heterocycles. The monoisotopic (exact) mass is 167 g/mol. The zero-order chi connectivity index (χ0) is 7.84. The molecule has 11 heavy (non-hydrogen) atoms. The fourth-order valence-electron chi connectivity index (χ4n) is 1.17. The minimum absolute atomic E-state index is 0.764. The molecule has 0 amide bonds. The lowest BCUT2D eigenvalue weighted by atomic mass is 10.3. The van der Waals surface area contributed by atoms with Crippen LogP contribution < -0.4 is 4.57 Å². The number of halogens is 1. The SMILES string of the molecule is C[n+]1c[nH]c2cc(Cl)ccc21. The molecule has 2 nitrogen and oxygen atoms in total. The van der Waals surface area contributed by atoms with Gasteiger partial charge in [0.2, 0.25) is 6.33 Å². The molecule has 0 spiro atoms. The molecular formula is C8H8ClN2+. The first-order valence-corrected chi connectivity index (χ1v) is 3.77. The van der Waals surface area contributed by atoms with E-state index in [0.717, 1.165) is 16.1 Å². The first-order chi connectivity index (χ1) is 5.27. The predicted octanol–water partition coefficient (Wildman–Crippen LogP) is 1.65. The third kappa shape index (κ3) is 0.994. The number of aromatic amines is 1. The molecule has 56 valence electrons. The number of H-pyrrole nitrogens is 1. The molecular weight excluding hydrogens is 160 g/mol. The molecule has 0 aliphatic rings. The Bertz CT molecular complexity index is 392. The van der Waals surface area contributed by atoms with Crippen LogP contribution in [0.5, 0.6) is 0 Å². The smallest absolute Gasteiger partial charge is 0.242 e. The van der Waals surface area contributed by atoms with Crippen LogP contribution in [0.25, 0.3) is 11.0 Å². The van der Waals surface area contributed by atoms with Crippen molar-refractivity contribution in [1.82, 2.24) is 4.98 Å². The Labute approximate surface area is 69.4 Å². The summed E-state index contributed by atoms with van der Waals surface area (Å²) in [6, 6.07) is 5.79. The van der Waals surface area contributed by atoms with E-state index >= 15 is 0 Å². The lowest BCUT2D eigenvalue weighted by Gasteiger charge is -1.86. The fraction of sp³-hybridized carbons (Fsp3) is 0.125. The molecule has 0 aliphatic carbocycles. The molecule has 1 aromatic carbocycles. The Hall–Kier alpha value is -1.02. The maximum Gasteiger partial charge on any atom is 0.242 e. The lowest BCUT2D eigenvalue weighted by molar-refractivity contribution is -0.644. The Kier molecular flexibility index (Phi) is 1.36. The van der Waals surface area contributed by atoms with Crippen molar-refractivity contribution in [1.29, 1.82) is 0 Å². The van der Waals surface area contributed by atoms with Gasteiger partial charge in [-0.3, -0.25) is 0 Å². The summed E-state index contributed by atoms with van der Waals surface area (Å²) >= 11 is 5.80. The standard InChI is InChI=1S/C8H7ClN2/c1-11-5-10-7-4-6(9)2-3-8(7)11/h2-5H,1H3/p+1. The van der Waals surface area contributed by atoms with Gasteiger partial charge in [0.25, 0.3) is 0 Å². The third-order valence-electron chi connectivity index (χ3n) is 1.75. The molecule has 2 aromatic rings. The highest BCUT2D eigenvalue weighted by molar-refractivity contribution is 6.31. The van der Waals surface area contributed by atoms with E-state index in [1.54, 1.807) is 0 Å². The van der Waals surface area contributed by atoms with Crippen LogP contribution in [-0.2, 0) is 7.05 Å². The van der Waals surface area contributed by atoms with Crippen molar-refractivity contribution in [2.45, 2.75) is 0 Å². The number of benzene rings is 1. The number of nitrogens with zero attached hydrogens (tertiary/aromatic N) is 1. The minimum atomic E-state index is 0.764. The van der Waals surface area contributed by atoms with E-state index in [0.29, 0.717) is 0 Å². The normalized spacial score (nSPS) is 10.7. The second kappa shape index (κ2) is 2.24. The second-order valence-electron chi connectivity index (χ2n) is 2.55. The van der Waals surface area contributed by atoms with Crippen LogP contribution in [0.15, 0.2) is 24.5 Å². The molecule has 2 rings (SSSR count). The highest BCUT2D eigenvalue weighted by Gasteiger charge is 2.04. The van der Waals surface area contributed by atoms with Crippen LogP contribution >= 0.6 is 11.6 Å². The average Bonchev–Trinajstić information content (AvgIpc) is 2.32. The Morgan fingerprint density at radius 1 is 1.45 bits per heavy atom. The zero-order valence-corrected chi connectivity index (χ0v) is 6.89. The van der Waals surface area contributed by atoms with Gasteiger partial charge >= 0.3 is 0 Å². The van der Waals surface area contributed by atoms with Crippen LogP contribution in [-0.4, -0.2) is 4.98 Å². The van der Waals surface area contributed by atoms with Crippen LogP contribution in [0.2, 0.25) is 5.02 Å². The first kappa shape index (κ1) is 6.68. The first-order valence-electron chi connectivity index (χ1n) is 3.39. The van der Waals surface area contributed by atoms with Crippen molar-refractivity contribution in [3.05, 3.63) is 29.5 Å². The van der Waals surface area contributed by atoms with Crippen molar-refractivity contribution in [3.8, 4) is 0 Å². The van der Waals surface area contributed by atoms with Crippen LogP contribution in [0.3, 0.4) is 0 Å². The van der Waals surface area contributed by atoms with Gasteiger partial charge in [-0.2, -0.15) is 0 Å². The number of hydrogen-bond donors (Lipinski definition) is 1. The topological polar surface area (TPSA) is 19.7 Å². The maximum absolute atomic E-state index is 5.80. The van der Waals surface area contributed by atoms with E-state index in [9.17, 15) is 0 Å². The van der Waals surface area contributed by atoms with Gasteiger partial charge in [-0.1, -0.05) is 11.6 Å². The molecule has 0 radical (unpaired) electrons. The van der Waals surface area contributed by atoms with Crippen molar-refractivity contribution in [2.24, 2.45) is 7.05 Å². The predicted molar refractivity (Wildman–Crippen MR) is 44.5 cm³/mol. The molecule has 1 N–H and O–H groups in total. The average molecular weight is 168 g/mol. The summed E-state index contributed by atoms with van der Waals surface area (Å²) in [5, 5.41) is 0.764. The van der Waals surface area contributed by atoms with Crippen molar-refractivity contribution >= 4 is 22.6 Å². The van der Waals surface area contributed by atoms with E-state index < -0.39 is 0 Å². The zero-order valence-electron chi connectivity index (χ0n) is 6.13. The second-order valence-corrected chi connectivity index (χ2v) is 2.98. The van der Waals surface area contributed by atoms with Gasteiger partial charge in [-0.15, -0.1) is 0 Å². The molecule has 0 fully saturated rings. The Balaban J connectivity index is 2.86. The van der Waals surface area contributed by atoms with Gasteiger partial charge < -0.3 is 0 Å². The van der Waals surface area contributed by atoms with Gasteiger partial charge in [0.15, 0.2) is 11.0 Å². The molecule has 0 bridgehead atoms. The van der Waals surface area contributed by atoms with Crippen LogP contribution in [0.4, 0.5) is 0 Å². The number of imidazole rings is 1. The van der Waals surface area contributed by atoms with Crippen molar-refractivity contribution < 1.29 is 4.57 Å². The highest BCUT2D eigenvalue weighted by atomic mass is 35.5. The molecule has 1 aromatic heterocycles.